The summed E-state index contributed by atoms with van der Waals surface area (Å²) in [7, 11) is -1.74. The number of ether oxygens (including phenoxy) is 1. The minimum Gasteiger partial charge on any atom is -0.409 e. The van der Waals surface area contributed by atoms with Crippen molar-refractivity contribution in [2.24, 2.45) is 0 Å². The summed E-state index contributed by atoms with van der Waals surface area (Å²) in [4.78, 5) is 12.9. The third-order valence-electron chi connectivity index (χ3n) is 2.13. The molecule has 0 aliphatic rings. The van der Waals surface area contributed by atoms with Crippen LogP contribution in [0, 0.1) is 0 Å². The van der Waals surface area contributed by atoms with E-state index in [0.29, 0.717) is 13.1 Å². The fourth-order valence-electron chi connectivity index (χ4n) is 1.27. The van der Waals surface area contributed by atoms with E-state index in [4.69, 9.17) is 4.74 Å². The number of hydrogen-bond donors (Lipinski definition) is 0. The summed E-state index contributed by atoms with van der Waals surface area (Å²) in [5, 5.41) is 0. The molecule has 0 bridgehead atoms. The molecule has 0 fully saturated rings. The van der Waals surface area contributed by atoms with Crippen LogP contribution in [-0.4, -0.2) is 32.2 Å². The van der Waals surface area contributed by atoms with Crippen LogP contribution in [0.2, 0.25) is 25.7 Å². The molecule has 0 atom stereocenters. The molecule has 0 rings (SSSR count). The predicted molar refractivity (Wildman–Crippen MR) is 66.8 cm³/mol. The maximum absolute atomic E-state index is 12.7. The van der Waals surface area contributed by atoms with E-state index in [1.54, 1.807) is 13.8 Å². The Kier molecular flexibility index (Phi) is 6.37. The molecule has 0 saturated carbocycles. The Hall–Kier alpha value is -0.913. The van der Waals surface area contributed by atoms with E-state index < -0.39 is 26.0 Å². The summed E-state index contributed by atoms with van der Waals surface area (Å²) in [5.41, 5.74) is 0. The smallest absolute Gasteiger partial charge is 0.409 e. The fourth-order valence-corrected chi connectivity index (χ4v) is 2.44. The average Bonchev–Trinajstić information content (AvgIpc) is 2.16. The molecule has 1 amide bonds. The van der Waals surface area contributed by atoms with Gasteiger partial charge in [0, 0.05) is 19.1 Å². The highest BCUT2D eigenvalue weighted by atomic mass is 28.3. The van der Waals surface area contributed by atoms with Gasteiger partial charge in [-0.25, -0.2) is 4.79 Å². The van der Waals surface area contributed by atoms with Gasteiger partial charge >= 0.3 is 12.2 Å². The lowest BCUT2D eigenvalue weighted by atomic mass is 10.5. The van der Waals surface area contributed by atoms with Crippen LogP contribution >= 0.6 is 0 Å². The van der Waals surface area contributed by atoms with Crippen LogP contribution in [0.5, 0.6) is 0 Å². The number of carbonyl (C=O) groups is 1. The van der Waals surface area contributed by atoms with E-state index in [9.17, 15) is 13.6 Å². The van der Waals surface area contributed by atoms with Crippen LogP contribution in [0.25, 0.3) is 0 Å². The van der Waals surface area contributed by atoms with Crippen molar-refractivity contribution in [2.45, 2.75) is 39.5 Å². The molecular formula is C11H21F2NO2Si. The first-order chi connectivity index (χ1) is 7.71. The topological polar surface area (TPSA) is 29.5 Å². The summed E-state index contributed by atoms with van der Waals surface area (Å²) in [5.74, 6) is -0.471. The summed E-state index contributed by atoms with van der Waals surface area (Å²) in [6, 6.07) is 0.169. The van der Waals surface area contributed by atoms with E-state index in [-0.39, 0.29) is 6.04 Å². The van der Waals surface area contributed by atoms with Crippen molar-refractivity contribution >= 4 is 14.2 Å². The molecule has 3 nitrogen and oxygen atoms in total. The maximum atomic E-state index is 12.7. The molecule has 0 aromatic heterocycles. The van der Waals surface area contributed by atoms with Crippen molar-refractivity contribution in [3.63, 3.8) is 0 Å². The number of nitrogens with zero attached hydrogens (tertiary/aromatic N) is 1. The van der Waals surface area contributed by atoms with Gasteiger partial charge in [0.2, 0.25) is 0 Å². The normalized spacial score (nSPS) is 11.0. The Labute approximate surface area is 102 Å². The Morgan fingerprint density at radius 3 is 1.94 bits per heavy atom. The SMILES string of the molecule is CCN(CC)C(=O)OC(C[Si](C)(C)C)=C(F)F. The highest BCUT2D eigenvalue weighted by Crippen LogP contribution is 2.22. The van der Waals surface area contributed by atoms with Gasteiger partial charge in [-0.15, -0.1) is 0 Å². The van der Waals surface area contributed by atoms with Crippen LogP contribution in [0.3, 0.4) is 0 Å². The number of carbonyl (C=O) groups excluding carboxylic acids is 1. The zero-order valence-corrected chi connectivity index (χ0v) is 12.1. The molecule has 0 aliphatic carbocycles. The Morgan fingerprint density at radius 1 is 1.18 bits per heavy atom. The number of rotatable bonds is 5. The van der Waals surface area contributed by atoms with E-state index in [1.807, 2.05) is 19.6 Å². The van der Waals surface area contributed by atoms with Gasteiger partial charge in [0.1, 0.15) is 0 Å². The van der Waals surface area contributed by atoms with Gasteiger partial charge in [-0.3, -0.25) is 0 Å². The van der Waals surface area contributed by atoms with Crippen molar-refractivity contribution in [2.75, 3.05) is 13.1 Å². The van der Waals surface area contributed by atoms with Crippen molar-refractivity contribution in [3.8, 4) is 0 Å². The molecule has 0 radical (unpaired) electrons. The van der Waals surface area contributed by atoms with Crippen molar-refractivity contribution in [1.82, 2.24) is 4.90 Å². The number of halogens is 2. The van der Waals surface area contributed by atoms with Crippen molar-refractivity contribution < 1.29 is 18.3 Å². The molecule has 0 saturated heterocycles. The second kappa shape index (κ2) is 6.73. The van der Waals surface area contributed by atoms with E-state index in [0.717, 1.165) is 0 Å². The number of allylic oxidation sites excluding steroid dienone is 1. The fraction of sp³-hybridized carbons (Fsp3) is 0.727. The third kappa shape index (κ3) is 6.40. The lowest BCUT2D eigenvalue weighted by Crippen LogP contribution is -2.32. The summed E-state index contributed by atoms with van der Waals surface area (Å²) in [6.45, 7) is 10.3. The first-order valence-electron chi connectivity index (χ1n) is 5.72. The van der Waals surface area contributed by atoms with Gasteiger partial charge in [0.05, 0.1) is 8.07 Å². The lowest BCUT2D eigenvalue weighted by molar-refractivity contribution is 0.127. The highest BCUT2D eigenvalue weighted by Gasteiger charge is 2.24. The summed E-state index contributed by atoms with van der Waals surface area (Å²) >= 11 is 0. The maximum Gasteiger partial charge on any atom is 0.415 e. The second-order valence-corrected chi connectivity index (χ2v) is 10.4. The molecule has 0 N–H and O–H groups in total. The Balaban J connectivity index is 4.70. The average molecular weight is 265 g/mol. The monoisotopic (exact) mass is 265 g/mol. The first kappa shape index (κ1) is 16.1. The standard InChI is InChI=1S/C11H21F2NO2Si/c1-6-14(7-2)11(15)16-9(10(12)13)8-17(3,4)5/h6-8H2,1-5H3. The van der Waals surface area contributed by atoms with Gasteiger partial charge in [0.25, 0.3) is 0 Å². The first-order valence-corrected chi connectivity index (χ1v) is 9.42. The van der Waals surface area contributed by atoms with Crippen LogP contribution in [0.15, 0.2) is 11.8 Å². The third-order valence-corrected chi connectivity index (χ3v) is 3.52. The van der Waals surface area contributed by atoms with Crippen molar-refractivity contribution in [1.29, 1.82) is 0 Å². The predicted octanol–water partition coefficient (Wildman–Crippen LogP) is 3.91. The molecule has 0 aliphatic heterocycles. The van der Waals surface area contributed by atoms with E-state index >= 15 is 0 Å². The Morgan fingerprint density at radius 2 is 1.65 bits per heavy atom. The van der Waals surface area contributed by atoms with Gasteiger partial charge in [-0.2, -0.15) is 8.78 Å². The zero-order chi connectivity index (χ0) is 13.6. The summed E-state index contributed by atoms with van der Waals surface area (Å²) in [6.07, 6.45) is -2.59. The van der Waals surface area contributed by atoms with Crippen LogP contribution < -0.4 is 0 Å². The van der Waals surface area contributed by atoms with Crippen LogP contribution in [0.4, 0.5) is 13.6 Å². The highest BCUT2D eigenvalue weighted by molar-refractivity contribution is 6.76. The largest absolute Gasteiger partial charge is 0.415 e. The second-order valence-electron chi connectivity index (χ2n) is 4.96. The quantitative estimate of drug-likeness (QED) is 0.557. The Bertz CT molecular complexity index is 292. The number of hydrogen-bond acceptors (Lipinski definition) is 2. The molecule has 100 valence electrons. The minimum atomic E-state index is -1.90. The van der Waals surface area contributed by atoms with Gasteiger partial charge in [0.15, 0.2) is 5.76 Å². The molecule has 0 unspecified atom stereocenters. The van der Waals surface area contributed by atoms with E-state index in [2.05, 4.69) is 0 Å². The molecule has 17 heavy (non-hydrogen) atoms. The molecule has 6 heteroatoms. The van der Waals surface area contributed by atoms with Crippen LogP contribution in [0.1, 0.15) is 13.8 Å². The number of amides is 1. The van der Waals surface area contributed by atoms with Crippen molar-refractivity contribution in [3.05, 3.63) is 11.8 Å². The van der Waals surface area contributed by atoms with E-state index in [1.165, 1.54) is 4.90 Å². The zero-order valence-electron chi connectivity index (χ0n) is 11.1. The lowest BCUT2D eigenvalue weighted by Gasteiger charge is -2.21. The molecular weight excluding hydrogens is 244 g/mol. The molecule has 0 heterocycles. The summed E-state index contributed by atoms with van der Waals surface area (Å²) < 4.78 is 30.1. The van der Waals surface area contributed by atoms with Gasteiger partial charge < -0.3 is 9.64 Å². The van der Waals surface area contributed by atoms with Crippen LogP contribution in [-0.2, 0) is 4.74 Å². The minimum absolute atomic E-state index is 0.169. The molecule has 0 aromatic rings. The van der Waals surface area contributed by atoms with Gasteiger partial charge in [-0.1, -0.05) is 19.6 Å². The molecule has 0 spiro atoms. The van der Waals surface area contributed by atoms with Gasteiger partial charge in [-0.05, 0) is 13.8 Å². The molecule has 0 aromatic carbocycles.